The van der Waals surface area contributed by atoms with Gasteiger partial charge in [0.25, 0.3) is 0 Å². The van der Waals surface area contributed by atoms with Crippen LogP contribution in [0.5, 0.6) is 11.5 Å². The third-order valence-electron chi connectivity index (χ3n) is 2.88. The van der Waals surface area contributed by atoms with Crippen molar-refractivity contribution in [2.45, 2.75) is 13.2 Å². The standard InChI is InChI=1S/C15H13BrCl2O3/c1-20-13-6-9(7-19)5-11(16)15(13)21-8-10-3-2-4-12(17)14(10)18/h2-6,19H,7-8H2,1H3. The number of rotatable bonds is 5. The molecule has 112 valence electrons. The average molecular weight is 392 g/mol. The molecule has 0 radical (unpaired) electrons. The van der Waals surface area contributed by atoms with Crippen molar-refractivity contribution in [2.75, 3.05) is 7.11 Å². The summed E-state index contributed by atoms with van der Waals surface area (Å²) in [5.74, 6) is 1.08. The number of halogens is 3. The van der Waals surface area contributed by atoms with Gasteiger partial charge < -0.3 is 14.6 Å². The van der Waals surface area contributed by atoms with Crippen LogP contribution in [0.15, 0.2) is 34.8 Å². The Labute approximate surface area is 141 Å². The molecule has 3 nitrogen and oxygen atoms in total. The second kappa shape index (κ2) is 7.36. The van der Waals surface area contributed by atoms with Gasteiger partial charge in [-0.3, -0.25) is 0 Å². The average Bonchev–Trinajstić information content (AvgIpc) is 2.49. The van der Waals surface area contributed by atoms with E-state index < -0.39 is 0 Å². The van der Waals surface area contributed by atoms with Gasteiger partial charge in [-0.2, -0.15) is 0 Å². The van der Waals surface area contributed by atoms with Gasteiger partial charge in [-0.1, -0.05) is 35.3 Å². The highest BCUT2D eigenvalue weighted by Gasteiger charge is 2.13. The zero-order valence-corrected chi connectivity index (χ0v) is 14.3. The molecule has 0 aromatic heterocycles. The molecule has 0 aliphatic carbocycles. The van der Waals surface area contributed by atoms with Crippen molar-refractivity contribution < 1.29 is 14.6 Å². The maximum atomic E-state index is 9.20. The molecular weight excluding hydrogens is 379 g/mol. The SMILES string of the molecule is COc1cc(CO)cc(Br)c1OCc1cccc(Cl)c1Cl. The predicted octanol–water partition coefficient (Wildman–Crippen LogP) is 4.84. The summed E-state index contributed by atoms with van der Waals surface area (Å²) in [5.41, 5.74) is 1.51. The summed E-state index contributed by atoms with van der Waals surface area (Å²) in [4.78, 5) is 0. The van der Waals surface area contributed by atoms with Crippen molar-refractivity contribution >= 4 is 39.1 Å². The summed E-state index contributed by atoms with van der Waals surface area (Å²) < 4.78 is 11.8. The molecule has 2 rings (SSSR count). The summed E-state index contributed by atoms with van der Waals surface area (Å²) in [5, 5.41) is 10.2. The second-order valence-corrected chi connectivity index (χ2v) is 5.91. The lowest BCUT2D eigenvalue weighted by molar-refractivity contribution is 0.273. The van der Waals surface area contributed by atoms with E-state index >= 15 is 0 Å². The zero-order chi connectivity index (χ0) is 15.4. The quantitative estimate of drug-likeness (QED) is 0.792. The van der Waals surface area contributed by atoms with Crippen LogP contribution in [-0.4, -0.2) is 12.2 Å². The molecule has 0 amide bonds. The van der Waals surface area contributed by atoms with Crippen LogP contribution in [0.3, 0.4) is 0 Å². The number of ether oxygens (including phenoxy) is 2. The summed E-state index contributed by atoms with van der Waals surface area (Å²) in [6.45, 7) is 0.183. The van der Waals surface area contributed by atoms with Crippen LogP contribution in [0.4, 0.5) is 0 Å². The molecule has 2 aromatic carbocycles. The van der Waals surface area contributed by atoms with E-state index in [1.54, 1.807) is 25.3 Å². The fraction of sp³-hybridized carbons (Fsp3) is 0.200. The first-order valence-corrected chi connectivity index (χ1v) is 7.64. The van der Waals surface area contributed by atoms with Gasteiger partial charge in [0.05, 0.1) is 28.2 Å². The van der Waals surface area contributed by atoms with E-state index in [9.17, 15) is 5.11 Å². The number of aliphatic hydroxyl groups is 1. The van der Waals surface area contributed by atoms with Gasteiger partial charge in [0.2, 0.25) is 0 Å². The molecule has 0 unspecified atom stereocenters. The van der Waals surface area contributed by atoms with E-state index in [0.29, 0.717) is 26.0 Å². The maximum absolute atomic E-state index is 9.20. The maximum Gasteiger partial charge on any atom is 0.175 e. The Balaban J connectivity index is 2.25. The summed E-state index contributed by atoms with van der Waals surface area (Å²) in [6.07, 6.45) is 0. The molecule has 0 bridgehead atoms. The predicted molar refractivity (Wildman–Crippen MR) is 87.4 cm³/mol. The summed E-state index contributed by atoms with van der Waals surface area (Å²) in [6, 6.07) is 8.88. The third kappa shape index (κ3) is 3.83. The number of aliphatic hydroxyl groups excluding tert-OH is 1. The van der Waals surface area contributed by atoms with Gasteiger partial charge in [0.1, 0.15) is 6.61 Å². The highest BCUT2D eigenvalue weighted by Crippen LogP contribution is 2.37. The third-order valence-corrected chi connectivity index (χ3v) is 4.32. The summed E-state index contributed by atoms with van der Waals surface area (Å²) >= 11 is 15.5. The fourth-order valence-corrected chi connectivity index (χ4v) is 2.79. The van der Waals surface area contributed by atoms with Crippen molar-refractivity contribution in [3.63, 3.8) is 0 Å². The summed E-state index contributed by atoms with van der Waals surface area (Å²) in [7, 11) is 1.54. The molecule has 0 saturated carbocycles. The van der Waals surface area contributed by atoms with Gasteiger partial charge in [0.15, 0.2) is 11.5 Å². The smallest absolute Gasteiger partial charge is 0.175 e. The van der Waals surface area contributed by atoms with Gasteiger partial charge in [-0.05, 0) is 39.7 Å². The first-order chi connectivity index (χ1) is 10.1. The topological polar surface area (TPSA) is 38.7 Å². The molecule has 1 N–H and O–H groups in total. The van der Waals surface area contributed by atoms with Crippen molar-refractivity contribution in [1.29, 1.82) is 0 Å². The van der Waals surface area contributed by atoms with Gasteiger partial charge in [0, 0.05) is 5.56 Å². The van der Waals surface area contributed by atoms with Gasteiger partial charge in [-0.25, -0.2) is 0 Å². The van der Waals surface area contributed by atoms with Crippen molar-refractivity contribution in [3.05, 3.63) is 56.0 Å². The Morgan fingerprint density at radius 2 is 2.00 bits per heavy atom. The Hall–Kier alpha value is -0.940. The van der Waals surface area contributed by atoms with Crippen LogP contribution in [0.1, 0.15) is 11.1 Å². The number of hydrogen-bond donors (Lipinski definition) is 1. The van der Waals surface area contributed by atoms with E-state index in [2.05, 4.69) is 15.9 Å². The van der Waals surface area contributed by atoms with Gasteiger partial charge in [-0.15, -0.1) is 0 Å². The van der Waals surface area contributed by atoms with E-state index in [4.69, 9.17) is 32.7 Å². The highest BCUT2D eigenvalue weighted by atomic mass is 79.9. The van der Waals surface area contributed by atoms with Crippen LogP contribution in [-0.2, 0) is 13.2 Å². The van der Waals surface area contributed by atoms with Crippen LogP contribution >= 0.6 is 39.1 Å². The molecule has 0 fully saturated rings. The molecule has 2 aromatic rings. The highest BCUT2D eigenvalue weighted by molar-refractivity contribution is 9.10. The van der Waals surface area contributed by atoms with Crippen molar-refractivity contribution in [1.82, 2.24) is 0 Å². The van der Waals surface area contributed by atoms with E-state index in [1.807, 2.05) is 12.1 Å². The molecule has 0 aliphatic rings. The zero-order valence-electron chi connectivity index (χ0n) is 11.2. The monoisotopic (exact) mass is 390 g/mol. The van der Waals surface area contributed by atoms with Gasteiger partial charge >= 0.3 is 0 Å². The van der Waals surface area contributed by atoms with E-state index in [-0.39, 0.29) is 13.2 Å². The van der Waals surface area contributed by atoms with Crippen LogP contribution in [0.2, 0.25) is 10.0 Å². The minimum Gasteiger partial charge on any atom is -0.493 e. The lowest BCUT2D eigenvalue weighted by Crippen LogP contribution is -2.00. The normalized spacial score (nSPS) is 10.5. The largest absolute Gasteiger partial charge is 0.493 e. The first kappa shape index (κ1) is 16.4. The fourth-order valence-electron chi connectivity index (χ4n) is 1.81. The molecule has 0 saturated heterocycles. The molecular formula is C15H13BrCl2O3. The van der Waals surface area contributed by atoms with Crippen molar-refractivity contribution in [3.8, 4) is 11.5 Å². The molecule has 6 heteroatoms. The van der Waals surface area contributed by atoms with Crippen molar-refractivity contribution in [2.24, 2.45) is 0 Å². The van der Waals surface area contributed by atoms with Crippen LogP contribution in [0.25, 0.3) is 0 Å². The van der Waals surface area contributed by atoms with E-state index in [1.165, 1.54) is 0 Å². The minimum atomic E-state index is -0.0740. The lowest BCUT2D eigenvalue weighted by atomic mass is 10.2. The Bertz CT molecular complexity index is 647. The van der Waals surface area contributed by atoms with E-state index in [0.717, 1.165) is 11.1 Å². The second-order valence-electron chi connectivity index (χ2n) is 4.27. The van der Waals surface area contributed by atoms with Crippen LogP contribution < -0.4 is 9.47 Å². The number of hydrogen-bond acceptors (Lipinski definition) is 3. The molecule has 21 heavy (non-hydrogen) atoms. The Morgan fingerprint density at radius 3 is 2.67 bits per heavy atom. The Kier molecular flexibility index (Phi) is 5.76. The minimum absolute atomic E-state index is 0.0740. The number of methoxy groups -OCH3 is 1. The lowest BCUT2D eigenvalue weighted by Gasteiger charge is -2.14. The Morgan fingerprint density at radius 1 is 1.24 bits per heavy atom. The first-order valence-electron chi connectivity index (χ1n) is 6.09. The van der Waals surface area contributed by atoms with Crippen LogP contribution in [0, 0.1) is 0 Å². The number of benzene rings is 2. The molecule has 0 aliphatic heterocycles. The molecule has 0 atom stereocenters. The molecule has 0 heterocycles. The molecule has 0 spiro atoms.